The molecule has 0 fully saturated rings. The number of para-hydroxylation sites is 1. The molecule has 0 spiro atoms. The van der Waals surface area contributed by atoms with Gasteiger partial charge in [0.25, 0.3) is 5.91 Å². The monoisotopic (exact) mass is 388 g/mol. The van der Waals surface area contributed by atoms with Crippen LogP contribution in [-0.2, 0) is 12.8 Å². The predicted octanol–water partition coefficient (Wildman–Crippen LogP) is 4.52. The van der Waals surface area contributed by atoms with Crippen molar-refractivity contribution in [3.8, 4) is 0 Å². The van der Waals surface area contributed by atoms with Gasteiger partial charge in [0, 0.05) is 42.3 Å². The second kappa shape index (κ2) is 9.50. The fourth-order valence-electron chi connectivity index (χ4n) is 4.03. The second-order valence-electron chi connectivity index (χ2n) is 7.62. The van der Waals surface area contributed by atoms with Gasteiger partial charge in [0.05, 0.1) is 11.1 Å². The van der Waals surface area contributed by atoms with Crippen LogP contribution in [0.5, 0.6) is 0 Å². The normalized spacial score (nSPS) is 12.7. The molecule has 0 unspecified atom stereocenters. The number of amides is 1. The largest absolute Gasteiger partial charge is 0.384 e. The van der Waals surface area contributed by atoms with E-state index in [1.165, 1.54) is 28.8 Å². The maximum Gasteiger partial charge on any atom is 0.252 e. The third-order valence-corrected chi connectivity index (χ3v) is 5.53. The molecule has 3 aromatic rings. The molecule has 4 rings (SSSR count). The molecule has 1 aromatic carbocycles. The van der Waals surface area contributed by atoms with E-state index in [1.54, 1.807) is 24.5 Å². The summed E-state index contributed by atoms with van der Waals surface area (Å²) < 4.78 is 0. The number of nitrogens with one attached hydrogen (secondary N) is 2. The Labute approximate surface area is 172 Å². The molecule has 2 heterocycles. The van der Waals surface area contributed by atoms with Gasteiger partial charge in [-0.1, -0.05) is 31.0 Å². The number of aromatic nitrogens is 2. The lowest BCUT2D eigenvalue weighted by atomic mass is 10.1. The molecule has 0 aliphatic heterocycles. The highest BCUT2D eigenvalue weighted by atomic mass is 16.1. The zero-order valence-corrected chi connectivity index (χ0v) is 16.8. The first-order chi connectivity index (χ1) is 14.3. The van der Waals surface area contributed by atoms with Crippen LogP contribution in [0.15, 0.2) is 48.8 Å². The predicted molar refractivity (Wildman–Crippen MR) is 117 cm³/mol. The van der Waals surface area contributed by atoms with Crippen molar-refractivity contribution in [2.24, 2.45) is 0 Å². The van der Waals surface area contributed by atoms with Crippen LogP contribution in [0.4, 0.5) is 5.69 Å². The lowest BCUT2D eigenvalue weighted by Gasteiger charge is -2.14. The molecule has 5 nitrogen and oxygen atoms in total. The Hall–Kier alpha value is -2.95. The van der Waals surface area contributed by atoms with Gasteiger partial charge in [-0.05, 0) is 55.9 Å². The summed E-state index contributed by atoms with van der Waals surface area (Å²) in [4.78, 5) is 20.8. The number of unbranched alkanes of at least 4 members (excludes halogenated alkanes) is 3. The van der Waals surface area contributed by atoms with E-state index in [9.17, 15) is 4.79 Å². The molecular formula is C24H28N4O. The topological polar surface area (TPSA) is 66.9 Å². The Morgan fingerprint density at radius 3 is 2.69 bits per heavy atom. The van der Waals surface area contributed by atoms with E-state index in [1.807, 2.05) is 0 Å². The second-order valence-corrected chi connectivity index (χ2v) is 7.62. The fraction of sp³-hybridized carbons (Fsp3) is 0.375. The van der Waals surface area contributed by atoms with Crippen molar-refractivity contribution in [3.63, 3.8) is 0 Å². The maximum atomic E-state index is 12.0. The summed E-state index contributed by atoms with van der Waals surface area (Å²) in [6.45, 7) is 1.69. The van der Waals surface area contributed by atoms with Gasteiger partial charge >= 0.3 is 0 Å². The van der Waals surface area contributed by atoms with Crippen LogP contribution in [0.2, 0.25) is 0 Å². The van der Waals surface area contributed by atoms with Crippen molar-refractivity contribution in [1.82, 2.24) is 15.3 Å². The van der Waals surface area contributed by atoms with Crippen molar-refractivity contribution >= 4 is 22.5 Å². The van der Waals surface area contributed by atoms with E-state index in [0.717, 1.165) is 50.6 Å². The lowest BCUT2D eigenvalue weighted by molar-refractivity contribution is 0.0952. The molecule has 1 amide bonds. The zero-order valence-electron chi connectivity index (χ0n) is 16.8. The molecule has 29 heavy (non-hydrogen) atoms. The number of hydrogen-bond acceptors (Lipinski definition) is 4. The van der Waals surface area contributed by atoms with Crippen molar-refractivity contribution < 1.29 is 4.79 Å². The fourth-order valence-corrected chi connectivity index (χ4v) is 4.03. The third kappa shape index (κ3) is 4.73. The minimum atomic E-state index is -0.0433. The molecule has 2 N–H and O–H groups in total. The Balaban J connectivity index is 1.19. The highest BCUT2D eigenvalue weighted by molar-refractivity contribution is 5.94. The number of carbonyl (C=O) groups is 1. The van der Waals surface area contributed by atoms with Crippen LogP contribution in [0.3, 0.4) is 0 Å². The number of pyridine rings is 2. The van der Waals surface area contributed by atoms with E-state index in [0.29, 0.717) is 12.1 Å². The van der Waals surface area contributed by atoms with Crippen LogP contribution >= 0.6 is 0 Å². The highest BCUT2D eigenvalue weighted by Crippen LogP contribution is 2.33. The lowest BCUT2D eigenvalue weighted by Crippen LogP contribution is -2.24. The number of rotatable bonds is 9. The summed E-state index contributed by atoms with van der Waals surface area (Å²) in [7, 11) is 0. The third-order valence-electron chi connectivity index (χ3n) is 5.53. The molecule has 150 valence electrons. The van der Waals surface area contributed by atoms with Gasteiger partial charge in [0.1, 0.15) is 0 Å². The molecular weight excluding hydrogens is 360 g/mol. The van der Waals surface area contributed by atoms with Crippen molar-refractivity contribution in [2.45, 2.75) is 44.9 Å². The van der Waals surface area contributed by atoms with Crippen LogP contribution in [0.25, 0.3) is 10.9 Å². The number of nitrogens with zero attached hydrogens (tertiary/aromatic N) is 2. The van der Waals surface area contributed by atoms with Gasteiger partial charge in [-0.2, -0.15) is 0 Å². The minimum absolute atomic E-state index is 0.0433. The van der Waals surface area contributed by atoms with E-state index >= 15 is 0 Å². The summed E-state index contributed by atoms with van der Waals surface area (Å²) >= 11 is 0. The van der Waals surface area contributed by atoms with E-state index in [-0.39, 0.29) is 5.91 Å². The van der Waals surface area contributed by atoms with Crippen molar-refractivity contribution in [3.05, 3.63) is 65.6 Å². The number of aryl methyl sites for hydroxylation is 1. The highest BCUT2D eigenvalue weighted by Gasteiger charge is 2.19. The quantitative estimate of drug-likeness (QED) is 0.529. The van der Waals surface area contributed by atoms with Gasteiger partial charge in [-0.25, -0.2) is 0 Å². The molecule has 0 saturated carbocycles. The SMILES string of the molecule is O=C(NCCCCCCNc1c2c(nc3ccccc13)CCC2)c1cccnc1. The van der Waals surface area contributed by atoms with Crippen LogP contribution in [-0.4, -0.2) is 29.0 Å². The van der Waals surface area contributed by atoms with Crippen molar-refractivity contribution in [1.29, 1.82) is 0 Å². The first kappa shape index (κ1) is 19.4. The molecule has 0 bridgehead atoms. The molecule has 0 atom stereocenters. The molecule has 0 radical (unpaired) electrons. The zero-order chi connectivity index (χ0) is 19.9. The van der Waals surface area contributed by atoms with Crippen LogP contribution in [0.1, 0.15) is 53.7 Å². The van der Waals surface area contributed by atoms with E-state index in [4.69, 9.17) is 4.98 Å². The van der Waals surface area contributed by atoms with Gasteiger partial charge in [0.15, 0.2) is 0 Å². The first-order valence-corrected chi connectivity index (χ1v) is 10.7. The molecule has 2 aromatic heterocycles. The number of carbonyl (C=O) groups excluding carboxylic acids is 1. The summed E-state index contributed by atoms with van der Waals surface area (Å²) in [5.41, 5.74) is 5.71. The Morgan fingerprint density at radius 1 is 0.966 bits per heavy atom. The number of anilines is 1. The first-order valence-electron chi connectivity index (χ1n) is 10.7. The van der Waals surface area contributed by atoms with E-state index in [2.05, 4.69) is 39.9 Å². The standard InChI is InChI=1S/C24H28N4O/c29-24(18-9-8-14-25-17-18)27-16-6-2-1-5-15-26-23-19-10-3-4-12-21(19)28-22-13-7-11-20(22)23/h3-4,8-10,12,14,17H,1-2,5-7,11,13,15-16H2,(H,26,28)(H,27,29). The van der Waals surface area contributed by atoms with Gasteiger partial charge in [-0.3, -0.25) is 14.8 Å². The maximum absolute atomic E-state index is 12.0. The summed E-state index contributed by atoms with van der Waals surface area (Å²) in [5, 5.41) is 7.91. The van der Waals surface area contributed by atoms with Gasteiger partial charge < -0.3 is 10.6 Å². The van der Waals surface area contributed by atoms with Gasteiger partial charge in [0.2, 0.25) is 0 Å². The molecule has 1 aliphatic rings. The summed E-state index contributed by atoms with van der Waals surface area (Å²) in [5.74, 6) is -0.0433. The van der Waals surface area contributed by atoms with Gasteiger partial charge in [-0.15, -0.1) is 0 Å². The molecule has 5 heteroatoms. The number of hydrogen-bond donors (Lipinski definition) is 2. The minimum Gasteiger partial charge on any atom is -0.384 e. The number of benzene rings is 1. The summed E-state index contributed by atoms with van der Waals surface area (Å²) in [6.07, 6.45) is 11.1. The average Bonchev–Trinajstić information content (AvgIpc) is 3.23. The van der Waals surface area contributed by atoms with E-state index < -0.39 is 0 Å². The number of fused-ring (bicyclic) bond motifs is 2. The Morgan fingerprint density at radius 2 is 1.83 bits per heavy atom. The van der Waals surface area contributed by atoms with Crippen LogP contribution < -0.4 is 10.6 Å². The molecule has 1 aliphatic carbocycles. The average molecular weight is 389 g/mol. The summed E-state index contributed by atoms with van der Waals surface area (Å²) in [6, 6.07) is 12.0. The Bertz CT molecular complexity index is 971. The van der Waals surface area contributed by atoms with Crippen molar-refractivity contribution in [2.75, 3.05) is 18.4 Å². The molecule has 0 saturated heterocycles. The van der Waals surface area contributed by atoms with Crippen LogP contribution in [0, 0.1) is 0 Å². The Kier molecular flexibility index (Phi) is 6.35. The smallest absolute Gasteiger partial charge is 0.252 e.